The molecule has 0 bridgehead atoms. The molecule has 0 spiro atoms. The molecular weight excluding hydrogens is 306 g/mol. The van der Waals surface area contributed by atoms with Crippen LogP contribution in [0.25, 0.3) is 0 Å². The summed E-state index contributed by atoms with van der Waals surface area (Å²) in [4.78, 5) is 22.9. The van der Waals surface area contributed by atoms with Crippen molar-refractivity contribution in [2.45, 2.75) is 31.7 Å². The van der Waals surface area contributed by atoms with E-state index in [0.29, 0.717) is 30.0 Å². The molecular formula is C16H20ClNO4. The van der Waals surface area contributed by atoms with Crippen LogP contribution >= 0.6 is 11.6 Å². The van der Waals surface area contributed by atoms with Crippen LogP contribution in [0.5, 0.6) is 5.75 Å². The van der Waals surface area contributed by atoms with Crippen molar-refractivity contribution in [3.05, 3.63) is 41.4 Å². The number of halogens is 1. The lowest BCUT2D eigenvalue weighted by Gasteiger charge is -2.13. The van der Waals surface area contributed by atoms with E-state index in [1.165, 1.54) is 7.11 Å². The Balaban J connectivity index is 2.52. The monoisotopic (exact) mass is 325 g/mol. The normalized spacial score (nSPS) is 11.5. The summed E-state index contributed by atoms with van der Waals surface area (Å²) in [6, 6.07) is 4.41. The van der Waals surface area contributed by atoms with Crippen LogP contribution in [0.2, 0.25) is 5.02 Å². The maximum Gasteiger partial charge on any atom is 0.326 e. The number of rotatable bonds is 9. The number of hydrogen-bond donors (Lipinski definition) is 2. The highest BCUT2D eigenvalue weighted by Crippen LogP contribution is 2.25. The number of nitrogens with one attached hydrogen (secondary N) is 1. The van der Waals surface area contributed by atoms with Gasteiger partial charge in [-0.05, 0) is 37.0 Å². The predicted molar refractivity (Wildman–Crippen MR) is 85.3 cm³/mol. The van der Waals surface area contributed by atoms with E-state index < -0.39 is 12.0 Å². The predicted octanol–water partition coefficient (Wildman–Crippen LogP) is 2.82. The van der Waals surface area contributed by atoms with E-state index in [4.69, 9.17) is 21.4 Å². The van der Waals surface area contributed by atoms with Crippen molar-refractivity contribution >= 4 is 23.5 Å². The van der Waals surface area contributed by atoms with Gasteiger partial charge in [-0.3, -0.25) is 4.79 Å². The number of aryl methyl sites for hydroxylation is 1. The molecule has 0 radical (unpaired) electrons. The fourth-order valence-corrected chi connectivity index (χ4v) is 2.21. The van der Waals surface area contributed by atoms with Crippen LogP contribution in [0.15, 0.2) is 30.9 Å². The van der Waals surface area contributed by atoms with E-state index in [-0.39, 0.29) is 12.3 Å². The summed E-state index contributed by atoms with van der Waals surface area (Å²) in [7, 11) is 1.53. The maximum absolute atomic E-state index is 11.8. The third-order valence-electron chi connectivity index (χ3n) is 3.15. The standard InChI is InChI=1S/C16H20ClNO4/c1-3-4-5-13(16(20)21)18-15(19)9-7-11-6-8-14(22-2)12(17)10-11/h3,6,8,10,13H,1,4-5,7,9H2,2H3,(H,18,19)(H,20,21). The molecule has 6 heteroatoms. The maximum atomic E-state index is 11.8. The molecule has 1 rings (SSSR count). The molecule has 0 saturated heterocycles. The third kappa shape index (κ3) is 5.77. The summed E-state index contributed by atoms with van der Waals surface area (Å²) in [6.07, 6.45) is 3.16. The Kier molecular flexibility index (Phi) is 7.46. The smallest absolute Gasteiger partial charge is 0.326 e. The van der Waals surface area contributed by atoms with Crippen molar-refractivity contribution in [1.29, 1.82) is 0 Å². The van der Waals surface area contributed by atoms with Gasteiger partial charge >= 0.3 is 5.97 Å². The van der Waals surface area contributed by atoms with Crippen molar-refractivity contribution in [3.8, 4) is 5.75 Å². The van der Waals surface area contributed by atoms with Gasteiger partial charge in [-0.2, -0.15) is 0 Å². The Hall–Kier alpha value is -2.01. The number of methoxy groups -OCH3 is 1. The van der Waals surface area contributed by atoms with Crippen molar-refractivity contribution in [2.75, 3.05) is 7.11 Å². The van der Waals surface area contributed by atoms with E-state index >= 15 is 0 Å². The zero-order valence-corrected chi connectivity index (χ0v) is 13.2. The quantitative estimate of drug-likeness (QED) is 0.685. The molecule has 0 aliphatic carbocycles. The number of ether oxygens (including phenoxy) is 1. The minimum Gasteiger partial charge on any atom is -0.495 e. The van der Waals surface area contributed by atoms with Crippen molar-refractivity contribution < 1.29 is 19.4 Å². The van der Waals surface area contributed by atoms with Gasteiger partial charge in [0.25, 0.3) is 0 Å². The van der Waals surface area contributed by atoms with Crippen LogP contribution < -0.4 is 10.1 Å². The third-order valence-corrected chi connectivity index (χ3v) is 3.45. The topological polar surface area (TPSA) is 75.6 Å². The van der Waals surface area contributed by atoms with Gasteiger partial charge in [0.05, 0.1) is 12.1 Å². The average Bonchev–Trinajstić information content (AvgIpc) is 2.49. The Morgan fingerprint density at radius 1 is 1.50 bits per heavy atom. The summed E-state index contributed by atoms with van der Waals surface area (Å²) in [5.74, 6) is -0.767. The molecule has 0 aromatic heterocycles. The largest absolute Gasteiger partial charge is 0.495 e. The highest BCUT2D eigenvalue weighted by molar-refractivity contribution is 6.32. The van der Waals surface area contributed by atoms with Gasteiger partial charge in [0.15, 0.2) is 0 Å². The molecule has 120 valence electrons. The van der Waals surface area contributed by atoms with Gasteiger partial charge in [0.2, 0.25) is 5.91 Å². The van der Waals surface area contributed by atoms with E-state index in [1.54, 1.807) is 18.2 Å². The van der Waals surface area contributed by atoms with E-state index in [0.717, 1.165) is 5.56 Å². The van der Waals surface area contributed by atoms with Crippen LogP contribution in [-0.4, -0.2) is 30.1 Å². The minimum atomic E-state index is -1.04. The van der Waals surface area contributed by atoms with Gasteiger partial charge in [-0.15, -0.1) is 6.58 Å². The van der Waals surface area contributed by atoms with Crippen molar-refractivity contribution in [3.63, 3.8) is 0 Å². The van der Waals surface area contributed by atoms with Gasteiger partial charge in [-0.1, -0.05) is 23.7 Å². The van der Waals surface area contributed by atoms with Crippen molar-refractivity contribution in [2.24, 2.45) is 0 Å². The number of carbonyl (C=O) groups is 2. The SMILES string of the molecule is C=CCCC(NC(=O)CCc1ccc(OC)c(Cl)c1)C(=O)O. The van der Waals surface area contributed by atoms with Crippen LogP contribution in [0.1, 0.15) is 24.8 Å². The Morgan fingerprint density at radius 3 is 2.77 bits per heavy atom. The first kappa shape index (κ1) is 18.0. The van der Waals surface area contributed by atoms with Gasteiger partial charge in [0.1, 0.15) is 11.8 Å². The van der Waals surface area contributed by atoms with E-state index in [2.05, 4.69) is 11.9 Å². The lowest BCUT2D eigenvalue weighted by atomic mass is 10.1. The van der Waals surface area contributed by atoms with Gasteiger partial charge in [0, 0.05) is 6.42 Å². The first-order valence-corrected chi connectivity index (χ1v) is 7.31. The van der Waals surface area contributed by atoms with Crippen LogP contribution in [-0.2, 0) is 16.0 Å². The Bertz CT molecular complexity index is 545. The summed E-state index contributed by atoms with van der Waals surface area (Å²) in [5, 5.41) is 12.0. The van der Waals surface area contributed by atoms with E-state index in [9.17, 15) is 9.59 Å². The van der Waals surface area contributed by atoms with Crippen molar-refractivity contribution in [1.82, 2.24) is 5.32 Å². The number of aliphatic carboxylic acids is 1. The summed E-state index contributed by atoms with van der Waals surface area (Å²) < 4.78 is 5.06. The first-order valence-electron chi connectivity index (χ1n) is 6.93. The number of hydrogen-bond acceptors (Lipinski definition) is 3. The number of amides is 1. The molecule has 0 saturated carbocycles. The number of carboxylic acid groups (broad SMARTS) is 1. The summed E-state index contributed by atoms with van der Waals surface area (Å²) in [5.41, 5.74) is 0.888. The molecule has 1 unspecified atom stereocenters. The summed E-state index contributed by atoms with van der Waals surface area (Å²) in [6.45, 7) is 3.54. The fourth-order valence-electron chi connectivity index (χ4n) is 1.93. The van der Waals surface area contributed by atoms with E-state index in [1.807, 2.05) is 6.07 Å². The second-order valence-corrected chi connectivity index (χ2v) is 5.20. The fraction of sp³-hybridized carbons (Fsp3) is 0.375. The molecule has 0 aliphatic rings. The molecule has 0 heterocycles. The molecule has 22 heavy (non-hydrogen) atoms. The minimum absolute atomic E-state index is 0.195. The molecule has 2 N–H and O–H groups in total. The zero-order chi connectivity index (χ0) is 16.5. The van der Waals surface area contributed by atoms with Crippen LogP contribution in [0.3, 0.4) is 0 Å². The highest BCUT2D eigenvalue weighted by Gasteiger charge is 2.18. The molecule has 1 atom stereocenters. The number of allylic oxidation sites excluding steroid dienone is 1. The first-order chi connectivity index (χ1) is 10.5. The number of carboxylic acids is 1. The molecule has 1 aromatic rings. The molecule has 0 fully saturated rings. The number of benzene rings is 1. The van der Waals surface area contributed by atoms with Gasteiger partial charge < -0.3 is 15.2 Å². The van der Waals surface area contributed by atoms with Crippen LogP contribution in [0, 0.1) is 0 Å². The lowest BCUT2D eigenvalue weighted by Crippen LogP contribution is -2.40. The molecule has 1 amide bonds. The van der Waals surface area contributed by atoms with Crippen LogP contribution in [0.4, 0.5) is 0 Å². The Labute approximate surface area is 134 Å². The summed E-state index contributed by atoms with van der Waals surface area (Å²) >= 11 is 6.02. The molecule has 5 nitrogen and oxygen atoms in total. The molecule has 0 aliphatic heterocycles. The van der Waals surface area contributed by atoms with Gasteiger partial charge in [-0.25, -0.2) is 4.79 Å². The zero-order valence-electron chi connectivity index (χ0n) is 12.5. The average molecular weight is 326 g/mol. The highest BCUT2D eigenvalue weighted by atomic mass is 35.5. The molecule has 1 aromatic carbocycles. The second-order valence-electron chi connectivity index (χ2n) is 4.79. The Morgan fingerprint density at radius 2 is 2.23 bits per heavy atom. The lowest BCUT2D eigenvalue weighted by molar-refractivity contribution is -0.142. The number of carbonyl (C=O) groups excluding carboxylic acids is 1. The second kappa shape index (κ2) is 9.10.